The van der Waals surface area contributed by atoms with Crippen LogP contribution in [0.25, 0.3) is 0 Å². The Morgan fingerprint density at radius 1 is 1.04 bits per heavy atom. The summed E-state index contributed by atoms with van der Waals surface area (Å²) in [5.41, 5.74) is -1.05. The minimum atomic E-state index is -1.11. The summed E-state index contributed by atoms with van der Waals surface area (Å²) in [4.78, 5) is 24.2. The third-order valence-corrected chi connectivity index (χ3v) is 9.22. The van der Waals surface area contributed by atoms with Crippen LogP contribution < -0.4 is 0 Å². The topological polar surface area (TPSA) is 54.4 Å². The van der Waals surface area contributed by atoms with E-state index in [4.69, 9.17) is 0 Å². The Hall–Kier alpha value is -0.700. The first-order valence-corrected chi connectivity index (χ1v) is 9.97. The number of fused-ring (bicyclic) bond motifs is 5. The van der Waals surface area contributed by atoms with Crippen LogP contribution in [0.4, 0.5) is 0 Å². The van der Waals surface area contributed by atoms with Crippen LogP contribution in [-0.4, -0.2) is 22.3 Å². The van der Waals surface area contributed by atoms with Crippen molar-refractivity contribution in [3.05, 3.63) is 0 Å². The third kappa shape index (κ3) is 1.94. The van der Waals surface area contributed by atoms with Crippen LogP contribution in [0.15, 0.2) is 0 Å². The molecule has 134 valence electrons. The van der Waals surface area contributed by atoms with Gasteiger partial charge in [-0.05, 0) is 81.0 Å². The van der Waals surface area contributed by atoms with E-state index in [1.54, 1.807) is 6.92 Å². The zero-order valence-electron chi connectivity index (χ0n) is 15.4. The van der Waals surface area contributed by atoms with Crippen LogP contribution in [0, 0.1) is 34.5 Å². The highest BCUT2D eigenvalue weighted by Gasteiger charge is 2.65. The van der Waals surface area contributed by atoms with E-state index < -0.39 is 5.60 Å². The minimum Gasteiger partial charge on any atom is -0.382 e. The lowest BCUT2D eigenvalue weighted by molar-refractivity contribution is -0.169. The molecule has 0 aromatic carbocycles. The van der Waals surface area contributed by atoms with Gasteiger partial charge >= 0.3 is 0 Å². The molecule has 7 atom stereocenters. The van der Waals surface area contributed by atoms with Gasteiger partial charge in [-0.1, -0.05) is 13.8 Å². The molecule has 24 heavy (non-hydrogen) atoms. The van der Waals surface area contributed by atoms with E-state index in [-0.39, 0.29) is 11.2 Å². The minimum absolute atomic E-state index is 0.0332. The van der Waals surface area contributed by atoms with Crippen molar-refractivity contribution in [2.45, 2.75) is 84.2 Å². The van der Waals surface area contributed by atoms with Gasteiger partial charge in [0.2, 0.25) is 0 Å². The molecule has 4 saturated carbocycles. The molecule has 3 heteroatoms. The van der Waals surface area contributed by atoms with Gasteiger partial charge in [0.25, 0.3) is 0 Å². The maximum Gasteiger partial charge on any atom is 0.161 e. The average Bonchev–Trinajstić information content (AvgIpc) is 2.81. The van der Waals surface area contributed by atoms with Crippen molar-refractivity contribution in [1.82, 2.24) is 0 Å². The maximum absolute atomic E-state index is 12.2. The highest BCUT2D eigenvalue weighted by molar-refractivity contribution is 5.86. The number of ketones is 2. The lowest BCUT2D eigenvalue weighted by Crippen LogP contribution is -2.58. The molecule has 0 amide bonds. The van der Waals surface area contributed by atoms with Gasteiger partial charge < -0.3 is 5.11 Å². The van der Waals surface area contributed by atoms with E-state index >= 15 is 0 Å². The highest BCUT2D eigenvalue weighted by atomic mass is 16.3. The second kappa shape index (κ2) is 5.16. The van der Waals surface area contributed by atoms with E-state index in [0.717, 1.165) is 44.9 Å². The second-order valence-electron chi connectivity index (χ2n) is 9.81. The Bertz CT molecular complexity index is 584. The zero-order chi connectivity index (χ0) is 17.3. The Balaban J connectivity index is 1.66. The molecule has 0 aliphatic heterocycles. The zero-order valence-corrected chi connectivity index (χ0v) is 15.4. The Morgan fingerprint density at radius 3 is 2.46 bits per heavy atom. The maximum atomic E-state index is 12.2. The van der Waals surface area contributed by atoms with Crippen LogP contribution in [0.1, 0.15) is 78.6 Å². The molecular formula is C21H32O3. The molecule has 0 aromatic rings. The van der Waals surface area contributed by atoms with Crippen LogP contribution in [-0.2, 0) is 9.59 Å². The molecule has 0 aromatic heterocycles. The number of carbonyl (C=O) groups excluding carboxylic acids is 2. The average molecular weight is 332 g/mol. The van der Waals surface area contributed by atoms with E-state index in [0.29, 0.717) is 41.3 Å². The van der Waals surface area contributed by atoms with Crippen LogP contribution in [0.3, 0.4) is 0 Å². The largest absolute Gasteiger partial charge is 0.382 e. The smallest absolute Gasteiger partial charge is 0.161 e. The summed E-state index contributed by atoms with van der Waals surface area (Å²) >= 11 is 0. The molecule has 0 bridgehead atoms. The van der Waals surface area contributed by atoms with Gasteiger partial charge in [0.05, 0.1) is 0 Å². The monoisotopic (exact) mass is 332 g/mol. The molecule has 4 fully saturated rings. The highest BCUT2D eigenvalue weighted by Crippen LogP contribution is 2.68. The first-order valence-electron chi connectivity index (χ1n) is 9.97. The summed E-state index contributed by atoms with van der Waals surface area (Å²) in [7, 11) is 0. The molecule has 0 spiro atoms. The predicted molar refractivity (Wildman–Crippen MR) is 92.4 cm³/mol. The molecule has 0 heterocycles. The van der Waals surface area contributed by atoms with Gasteiger partial charge in [-0.15, -0.1) is 0 Å². The molecular weight excluding hydrogens is 300 g/mol. The first kappa shape index (κ1) is 16.8. The second-order valence-corrected chi connectivity index (χ2v) is 9.81. The Morgan fingerprint density at radius 2 is 1.75 bits per heavy atom. The quantitative estimate of drug-likeness (QED) is 0.792. The van der Waals surface area contributed by atoms with Crippen LogP contribution in [0.2, 0.25) is 0 Å². The fourth-order valence-electron chi connectivity index (χ4n) is 7.64. The molecule has 3 nitrogen and oxygen atoms in total. The molecule has 0 unspecified atom stereocenters. The summed E-state index contributed by atoms with van der Waals surface area (Å²) < 4.78 is 0. The Labute approximate surface area is 145 Å². The van der Waals surface area contributed by atoms with Crippen molar-refractivity contribution in [3.63, 3.8) is 0 Å². The van der Waals surface area contributed by atoms with Gasteiger partial charge in [-0.3, -0.25) is 9.59 Å². The summed E-state index contributed by atoms with van der Waals surface area (Å²) in [5, 5.41) is 11.2. The van der Waals surface area contributed by atoms with Crippen molar-refractivity contribution in [3.8, 4) is 0 Å². The summed E-state index contributed by atoms with van der Waals surface area (Å²) in [6, 6.07) is 0. The van der Waals surface area contributed by atoms with Gasteiger partial charge in [0.15, 0.2) is 5.78 Å². The number of rotatable bonds is 1. The number of hydrogen-bond acceptors (Lipinski definition) is 3. The standard InChI is InChI=1S/C21H32O3/c1-13(22)21(24)11-8-18-16-5-4-14-12-15(23)6-9-19(14,2)17(16)7-10-20(18,21)3/h14,16-18,24H,4-12H2,1-3H3/t14-,16-,17+,18+,19+,20+,21+/m1/s1. The normalized spacial score (nSPS) is 53.9. The summed E-state index contributed by atoms with van der Waals surface area (Å²) in [6.07, 6.45) is 8.67. The molecule has 4 rings (SSSR count). The van der Waals surface area contributed by atoms with Gasteiger partial charge in [-0.2, -0.15) is 0 Å². The number of carbonyl (C=O) groups is 2. The van der Waals surface area contributed by atoms with Gasteiger partial charge in [0, 0.05) is 18.3 Å². The van der Waals surface area contributed by atoms with Crippen LogP contribution >= 0.6 is 0 Å². The molecule has 0 saturated heterocycles. The third-order valence-electron chi connectivity index (χ3n) is 9.22. The predicted octanol–water partition coefficient (Wildman–Crippen LogP) is 3.92. The van der Waals surface area contributed by atoms with E-state index in [1.807, 2.05) is 0 Å². The lowest BCUT2D eigenvalue weighted by Gasteiger charge is -2.60. The van der Waals surface area contributed by atoms with E-state index in [2.05, 4.69) is 13.8 Å². The van der Waals surface area contributed by atoms with E-state index in [9.17, 15) is 14.7 Å². The fraction of sp³-hybridized carbons (Fsp3) is 0.905. The van der Waals surface area contributed by atoms with Crippen molar-refractivity contribution >= 4 is 11.6 Å². The van der Waals surface area contributed by atoms with Gasteiger partial charge in [-0.25, -0.2) is 0 Å². The van der Waals surface area contributed by atoms with Crippen LogP contribution in [0.5, 0.6) is 0 Å². The summed E-state index contributed by atoms with van der Waals surface area (Å²) in [5.74, 6) is 2.78. The van der Waals surface area contributed by atoms with Crippen molar-refractivity contribution < 1.29 is 14.7 Å². The van der Waals surface area contributed by atoms with Crippen molar-refractivity contribution in [2.75, 3.05) is 0 Å². The molecule has 4 aliphatic carbocycles. The van der Waals surface area contributed by atoms with Gasteiger partial charge in [0.1, 0.15) is 11.4 Å². The first-order chi connectivity index (χ1) is 11.2. The van der Waals surface area contributed by atoms with Crippen molar-refractivity contribution in [1.29, 1.82) is 0 Å². The molecule has 1 N–H and O–H groups in total. The number of aliphatic hydroxyl groups is 1. The SMILES string of the molecule is CC(=O)[C@@]1(O)CC[C@H]2[C@@H]3CC[C@@H]4CC(=O)CC[C@]4(C)[C@H]3CC[C@@]21C. The Kier molecular flexibility index (Phi) is 3.60. The fourth-order valence-corrected chi connectivity index (χ4v) is 7.64. The number of hydrogen-bond donors (Lipinski definition) is 1. The van der Waals surface area contributed by atoms with Crippen molar-refractivity contribution in [2.24, 2.45) is 34.5 Å². The summed E-state index contributed by atoms with van der Waals surface area (Å²) in [6.45, 7) is 6.20. The molecule has 4 aliphatic rings. The van der Waals surface area contributed by atoms with E-state index in [1.165, 1.54) is 6.42 Å². The lowest BCUT2D eigenvalue weighted by atomic mass is 9.44. The molecule has 0 radical (unpaired) electrons. The number of Topliss-reactive ketones (excluding diaryl/α,β-unsaturated/α-hetero) is 2.